The van der Waals surface area contributed by atoms with Crippen LogP contribution in [-0.2, 0) is 4.79 Å². The lowest BCUT2D eigenvalue weighted by atomic mass is 9.96. The number of rotatable bonds is 6. The molecule has 1 aliphatic heterocycles. The number of aryl methyl sites for hydroxylation is 1. The predicted octanol–water partition coefficient (Wildman–Crippen LogP) is 7.68. The number of nitrogens with zero attached hydrogens (tertiary/aromatic N) is 3. The second kappa shape index (κ2) is 11.1. The second-order valence-electron chi connectivity index (χ2n) is 9.92. The Morgan fingerprint density at radius 1 is 1.10 bits per heavy atom. The minimum absolute atomic E-state index is 0.0874. The molecule has 0 bridgehead atoms. The Morgan fingerprint density at radius 2 is 1.85 bits per heavy atom. The average Bonchev–Trinajstić information content (AvgIpc) is 3.41. The molecule has 1 amide bonds. The highest BCUT2D eigenvalue weighted by atomic mass is 79.9. The quantitative estimate of drug-likeness (QED) is 0.216. The number of carbonyl (C=O) groups is 1. The van der Waals surface area contributed by atoms with E-state index >= 15 is 0 Å². The predicted molar refractivity (Wildman–Crippen MR) is 166 cm³/mol. The number of anilines is 2. The molecule has 2 atom stereocenters. The summed E-state index contributed by atoms with van der Waals surface area (Å²) < 4.78 is 3.27. The molecule has 2 N–H and O–H groups in total. The SMILES string of the molecule is Cc1cc(C2C(c3ccccn3)NC(=S)N2c2ccc(NC(=O)C(C)C)c(Cl)c2)c(C)n1-c1ccccc1Br. The van der Waals surface area contributed by atoms with Crippen LogP contribution in [0.2, 0.25) is 5.02 Å². The monoisotopic (exact) mass is 621 g/mol. The largest absolute Gasteiger partial charge is 0.351 e. The van der Waals surface area contributed by atoms with Gasteiger partial charge in [0.15, 0.2) is 5.11 Å². The van der Waals surface area contributed by atoms with Crippen LogP contribution in [0.15, 0.2) is 77.4 Å². The van der Waals surface area contributed by atoms with E-state index in [0.29, 0.717) is 15.8 Å². The van der Waals surface area contributed by atoms with Crippen LogP contribution in [0.5, 0.6) is 0 Å². The van der Waals surface area contributed by atoms with Crippen molar-refractivity contribution < 1.29 is 4.79 Å². The van der Waals surface area contributed by atoms with Crippen molar-refractivity contribution in [1.29, 1.82) is 0 Å². The van der Waals surface area contributed by atoms with Gasteiger partial charge in [0.1, 0.15) is 0 Å². The summed E-state index contributed by atoms with van der Waals surface area (Å²) in [5, 5.41) is 7.45. The molecule has 2 aromatic carbocycles. The third-order valence-electron chi connectivity index (χ3n) is 6.99. The van der Waals surface area contributed by atoms with Crippen molar-refractivity contribution in [3.8, 4) is 5.69 Å². The van der Waals surface area contributed by atoms with Crippen molar-refractivity contribution in [2.75, 3.05) is 10.2 Å². The first kappa shape index (κ1) is 27.4. The summed E-state index contributed by atoms with van der Waals surface area (Å²) >= 11 is 16.3. The Morgan fingerprint density at radius 3 is 2.51 bits per heavy atom. The smallest absolute Gasteiger partial charge is 0.226 e. The number of halogens is 2. The molecule has 0 spiro atoms. The second-order valence-corrected chi connectivity index (χ2v) is 11.6. The summed E-state index contributed by atoms with van der Waals surface area (Å²) in [7, 11) is 0. The molecular formula is C30H29BrClN5OS. The molecule has 1 fully saturated rings. The van der Waals surface area contributed by atoms with Gasteiger partial charge >= 0.3 is 0 Å². The van der Waals surface area contributed by atoms with E-state index in [-0.39, 0.29) is 23.9 Å². The lowest BCUT2D eigenvalue weighted by Gasteiger charge is -2.28. The van der Waals surface area contributed by atoms with Crippen LogP contribution < -0.4 is 15.5 Å². The van der Waals surface area contributed by atoms with E-state index in [4.69, 9.17) is 23.8 Å². The molecule has 1 aliphatic rings. The molecule has 3 heterocycles. The number of carbonyl (C=O) groups excluding carboxylic acids is 1. The minimum Gasteiger partial charge on any atom is -0.351 e. The fourth-order valence-corrected chi connectivity index (χ4v) is 6.10. The van der Waals surface area contributed by atoms with Crippen molar-refractivity contribution in [2.45, 2.75) is 39.8 Å². The fourth-order valence-electron chi connectivity index (χ4n) is 5.07. The molecule has 9 heteroatoms. The van der Waals surface area contributed by atoms with Crippen molar-refractivity contribution in [3.05, 3.63) is 105 Å². The van der Waals surface area contributed by atoms with E-state index in [1.165, 1.54) is 0 Å². The summed E-state index contributed by atoms with van der Waals surface area (Å²) in [6.07, 6.45) is 1.80. The molecular weight excluding hydrogens is 594 g/mol. The Labute approximate surface area is 247 Å². The fraction of sp³-hybridized carbons (Fsp3) is 0.233. The first-order valence-electron chi connectivity index (χ1n) is 12.7. The van der Waals surface area contributed by atoms with E-state index in [1.54, 1.807) is 6.20 Å². The van der Waals surface area contributed by atoms with E-state index in [0.717, 1.165) is 38.5 Å². The Bertz CT molecular complexity index is 1550. The van der Waals surface area contributed by atoms with E-state index in [2.05, 4.69) is 67.0 Å². The third-order valence-corrected chi connectivity index (χ3v) is 8.29. The number of nitrogens with one attached hydrogen (secondary N) is 2. The number of pyridine rings is 1. The molecule has 2 aromatic heterocycles. The van der Waals surface area contributed by atoms with Gasteiger partial charge in [-0.3, -0.25) is 9.78 Å². The van der Waals surface area contributed by atoms with Crippen LogP contribution >= 0.6 is 39.7 Å². The molecule has 2 unspecified atom stereocenters. The minimum atomic E-state index is -0.193. The van der Waals surface area contributed by atoms with E-state index < -0.39 is 0 Å². The molecule has 4 aromatic rings. The van der Waals surface area contributed by atoms with Gasteiger partial charge in [-0.25, -0.2) is 0 Å². The average molecular weight is 623 g/mol. The van der Waals surface area contributed by atoms with Crippen LogP contribution in [0.1, 0.15) is 48.6 Å². The normalized spacial score (nSPS) is 17.0. The van der Waals surface area contributed by atoms with Gasteiger partial charge in [0.25, 0.3) is 0 Å². The molecule has 39 heavy (non-hydrogen) atoms. The zero-order valence-corrected chi connectivity index (χ0v) is 25.2. The maximum atomic E-state index is 12.3. The standard InChI is InChI=1S/C30H29BrClN5OS/c1-17(2)29(38)34-24-13-12-20(16-23(24)32)37-28(27(35-30(37)39)25-10-7-8-14-33-25)21-15-18(3)36(19(21)4)26-11-6-5-9-22(26)31/h5-17,27-28H,1-4H3,(H,34,38)(H,35,39). The number of hydrogen-bond acceptors (Lipinski definition) is 3. The molecule has 1 saturated heterocycles. The summed E-state index contributed by atoms with van der Waals surface area (Å²) in [4.78, 5) is 19.1. The number of para-hydroxylation sites is 1. The summed E-state index contributed by atoms with van der Waals surface area (Å²) in [5.41, 5.74) is 6.70. The maximum Gasteiger partial charge on any atom is 0.226 e. The highest BCUT2D eigenvalue weighted by molar-refractivity contribution is 9.10. The molecule has 0 saturated carbocycles. The van der Waals surface area contributed by atoms with Gasteiger partial charge in [-0.05, 0) is 96.1 Å². The van der Waals surface area contributed by atoms with Gasteiger partial charge < -0.3 is 20.1 Å². The van der Waals surface area contributed by atoms with Crippen molar-refractivity contribution in [3.63, 3.8) is 0 Å². The van der Waals surface area contributed by atoms with Gasteiger partial charge in [0, 0.05) is 33.7 Å². The van der Waals surface area contributed by atoms with Crippen LogP contribution in [-0.4, -0.2) is 20.6 Å². The number of hydrogen-bond donors (Lipinski definition) is 2. The van der Waals surface area contributed by atoms with Crippen LogP contribution in [0.25, 0.3) is 5.69 Å². The Hall–Kier alpha value is -3.20. The maximum absolute atomic E-state index is 12.3. The third kappa shape index (κ3) is 5.21. The van der Waals surface area contributed by atoms with Gasteiger partial charge in [-0.2, -0.15) is 0 Å². The van der Waals surface area contributed by atoms with Crippen LogP contribution in [0, 0.1) is 19.8 Å². The van der Waals surface area contributed by atoms with E-state index in [1.807, 2.05) is 68.4 Å². The van der Waals surface area contributed by atoms with Gasteiger partial charge in [-0.1, -0.05) is 43.6 Å². The van der Waals surface area contributed by atoms with Crippen LogP contribution in [0.4, 0.5) is 11.4 Å². The summed E-state index contributed by atoms with van der Waals surface area (Å²) in [5.74, 6) is -0.241. The van der Waals surface area contributed by atoms with Gasteiger partial charge in [0.05, 0.1) is 34.2 Å². The zero-order valence-electron chi connectivity index (χ0n) is 22.1. The van der Waals surface area contributed by atoms with Crippen LogP contribution in [0.3, 0.4) is 0 Å². The van der Waals surface area contributed by atoms with Gasteiger partial charge in [0.2, 0.25) is 5.91 Å². The molecule has 200 valence electrons. The first-order valence-corrected chi connectivity index (χ1v) is 14.3. The highest BCUT2D eigenvalue weighted by Crippen LogP contribution is 2.45. The highest BCUT2D eigenvalue weighted by Gasteiger charge is 2.42. The molecule has 0 aliphatic carbocycles. The number of amides is 1. The number of thiocarbonyl (C=S) groups is 1. The molecule has 0 radical (unpaired) electrons. The molecule has 6 nitrogen and oxygen atoms in total. The lowest BCUT2D eigenvalue weighted by Crippen LogP contribution is -2.29. The molecule has 5 rings (SSSR count). The zero-order chi connectivity index (χ0) is 27.8. The Balaban J connectivity index is 1.63. The number of benzene rings is 2. The summed E-state index contributed by atoms with van der Waals surface area (Å²) in [6.45, 7) is 7.94. The first-order chi connectivity index (χ1) is 18.7. The van der Waals surface area contributed by atoms with Crippen molar-refractivity contribution in [1.82, 2.24) is 14.9 Å². The Kier molecular flexibility index (Phi) is 7.80. The van der Waals surface area contributed by atoms with Crippen molar-refractivity contribution in [2.24, 2.45) is 5.92 Å². The van der Waals surface area contributed by atoms with E-state index in [9.17, 15) is 4.79 Å². The van der Waals surface area contributed by atoms with Crippen molar-refractivity contribution >= 4 is 62.1 Å². The summed E-state index contributed by atoms with van der Waals surface area (Å²) in [6, 6.07) is 21.6. The topological polar surface area (TPSA) is 62.2 Å². The number of aromatic nitrogens is 2. The lowest BCUT2D eigenvalue weighted by molar-refractivity contribution is -0.118. The van der Waals surface area contributed by atoms with Gasteiger partial charge in [-0.15, -0.1) is 0 Å².